The lowest BCUT2D eigenvalue weighted by Gasteiger charge is -1.97. The van der Waals surface area contributed by atoms with E-state index in [0.29, 0.717) is 11.7 Å². The molecule has 15 heavy (non-hydrogen) atoms. The standard InChI is InChI=1S/C11H11ClN2O/c1-2-8-4-3-5-9(6-8)11-13-10(7-12)14-15-11/h3-6H,2,7H2,1H3. The van der Waals surface area contributed by atoms with E-state index in [1.807, 2.05) is 18.2 Å². The van der Waals surface area contributed by atoms with Gasteiger partial charge in [-0.25, -0.2) is 0 Å². The maximum atomic E-state index is 5.60. The van der Waals surface area contributed by atoms with Gasteiger partial charge in [0, 0.05) is 5.56 Å². The van der Waals surface area contributed by atoms with E-state index >= 15 is 0 Å². The second-order valence-corrected chi connectivity index (χ2v) is 3.47. The van der Waals surface area contributed by atoms with Crippen molar-refractivity contribution in [2.45, 2.75) is 19.2 Å². The van der Waals surface area contributed by atoms with Gasteiger partial charge in [-0.1, -0.05) is 24.2 Å². The summed E-state index contributed by atoms with van der Waals surface area (Å²) in [5, 5.41) is 3.75. The number of halogens is 1. The normalized spacial score (nSPS) is 10.5. The summed E-state index contributed by atoms with van der Waals surface area (Å²) in [4.78, 5) is 4.16. The molecule has 0 spiro atoms. The first kappa shape index (κ1) is 10.2. The molecule has 1 heterocycles. The zero-order valence-corrected chi connectivity index (χ0v) is 9.16. The SMILES string of the molecule is CCc1cccc(-c2nc(CCl)no2)c1. The third kappa shape index (κ3) is 2.18. The molecule has 0 N–H and O–H groups in total. The first-order valence-electron chi connectivity index (χ1n) is 4.81. The molecule has 0 atom stereocenters. The van der Waals surface area contributed by atoms with E-state index in [1.165, 1.54) is 5.56 Å². The van der Waals surface area contributed by atoms with Gasteiger partial charge in [-0.05, 0) is 24.1 Å². The maximum absolute atomic E-state index is 5.60. The van der Waals surface area contributed by atoms with Gasteiger partial charge in [0.25, 0.3) is 5.89 Å². The molecule has 0 amide bonds. The quantitative estimate of drug-likeness (QED) is 0.750. The third-order valence-corrected chi connectivity index (χ3v) is 2.41. The second kappa shape index (κ2) is 4.45. The van der Waals surface area contributed by atoms with Crippen LogP contribution in [0, 0.1) is 0 Å². The Bertz CT molecular complexity index is 453. The highest BCUT2D eigenvalue weighted by molar-refractivity contribution is 6.16. The second-order valence-electron chi connectivity index (χ2n) is 3.20. The van der Waals surface area contributed by atoms with Crippen molar-refractivity contribution in [3.8, 4) is 11.5 Å². The highest BCUT2D eigenvalue weighted by Gasteiger charge is 2.07. The van der Waals surface area contributed by atoms with Crippen molar-refractivity contribution in [2.75, 3.05) is 0 Å². The number of hydrogen-bond donors (Lipinski definition) is 0. The summed E-state index contributed by atoms with van der Waals surface area (Å²) in [5.74, 6) is 1.33. The average Bonchev–Trinajstić information content (AvgIpc) is 2.78. The van der Waals surface area contributed by atoms with Gasteiger partial charge in [-0.2, -0.15) is 4.98 Å². The lowest BCUT2D eigenvalue weighted by molar-refractivity contribution is 0.425. The van der Waals surface area contributed by atoms with Crippen LogP contribution in [0.2, 0.25) is 0 Å². The van der Waals surface area contributed by atoms with Gasteiger partial charge in [0.05, 0.1) is 5.88 Å². The Labute approximate surface area is 93.1 Å². The summed E-state index contributed by atoms with van der Waals surface area (Å²) in [7, 11) is 0. The summed E-state index contributed by atoms with van der Waals surface area (Å²) in [6.45, 7) is 2.11. The van der Waals surface area contributed by atoms with Crippen LogP contribution in [-0.4, -0.2) is 10.1 Å². The minimum absolute atomic E-state index is 0.275. The molecule has 3 nitrogen and oxygen atoms in total. The van der Waals surface area contributed by atoms with E-state index in [0.717, 1.165) is 12.0 Å². The third-order valence-electron chi connectivity index (χ3n) is 2.17. The van der Waals surface area contributed by atoms with Crippen LogP contribution in [-0.2, 0) is 12.3 Å². The Morgan fingerprint density at radius 3 is 2.93 bits per heavy atom. The van der Waals surface area contributed by atoms with Gasteiger partial charge < -0.3 is 4.52 Å². The Balaban J connectivity index is 2.35. The molecule has 0 unspecified atom stereocenters. The molecule has 2 aromatic rings. The first-order chi connectivity index (χ1) is 7.33. The van der Waals surface area contributed by atoms with Crippen LogP contribution in [0.1, 0.15) is 18.3 Å². The topological polar surface area (TPSA) is 38.9 Å². The fourth-order valence-electron chi connectivity index (χ4n) is 1.35. The minimum Gasteiger partial charge on any atom is -0.334 e. The van der Waals surface area contributed by atoms with Crippen LogP contribution in [0.3, 0.4) is 0 Å². The van der Waals surface area contributed by atoms with Crippen molar-refractivity contribution < 1.29 is 4.52 Å². The molecule has 0 saturated carbocycles. The average molecular weight is 223 g/mol. The van der Waals surface area contributed by atoms with E-state index in [1.54, 1.807) is 0 Å². The number of aromatic nitrogens is 2. The molecule has 1 aromatic carbocycles. The highest BCUT2D eigenvalue weighted by atomic mass is 35.5. The number of hydrogen-bond acceptors (Lipinski definition) is 3. The molecule has 0 saturated heterocycles. The molecule has 2 rings (SSSR count). The molecule has 4 heteroatoms. The van der Waals surface area contributed by atoms with Crippen LogP contribution >= 0.6 is 11.6 Å². The summed E-state index contributed by atoms with van der Waals surface area (Å²) in [6, 6.07) is 8.05. The molecular weight excluding hydrogens is 212 g/mol. The Kier molecular flexibility index (Phi) is 3.02. The predicted molar refractivity (Wildman–Crippen MR) is 58.7 cm³/mol. The summed E-state index contributed by atoms with van der Waals surface area (Å²) in [6.07, 6.45) is 0.990. The van der Waals surface area contributed by atoms with Crippen LogP contribution in [0.4, 0.5) is 0 Å². The van der Waals surface area contributed by atoms with E-state index in [2.05, 4.69) is 23.1 Å². The molecule has 78 valence electrons. The zero-order chi connectivity index (χ0) is 10.7. The molecule has 0 fully saturated rings. The number of benzene rings is 1. The van der Waals surface area contributed by atoms with Crippen LogP contribution in [0.5, 0.6) is 0 Å². The molecule has 0 bridgehead atoms. The van der Waals surface area contributed by atoms with E-state index in [9.17, 15) is 0 Å². The number of rotatable bonds is 3. The van der Waals surface area contributed by atoms with Crippen LogP contribution in [0.15, 0.2) is 28.8 Å². The van der Waals surface area contributed by atoms with Crippen molar-refractivity contribution in [1.29, 1.82) is 0 Å². The predicted octanol–water partition coefficient (Wildman–Crippen LogP) is 3.04. The maximum Gasteiger partial charge on any atom is 0.257 e. The molecule has 0 aliphatic heterocycles. The van der Waals surface area contributed by atoms with Crippen LogP contribution < -0.4 is 0 Å². The highest BCUT2D eigenvalue weighted by Crippen LogP contribution is 2.19. The van der Waals surface area contributed by atoms with Crippen LogP contribution in [0.25, 0.3) is 11.5 Å². The van der Waals surface area contributed by atoms with Gasteiger partial charge in [0.2, 0.25) is 0 Å². The van der Waals surface area contributed by atoms with E-state index < -0.39 is 0 Å². The van der Waals surface area contributed by atoms with Gasteiger partial charge in [-0.3, -0.25) is 0 Å². The van der Waals surface area contributed by atoms with Crippen molar-refractivity contribution in [3.05, 3.63) is 35.7 Å². The minimum atomic E-state index is 0.275. The van der Waals surface area contributed by atoms with Gasteiger partial charge in [0.1, 0.15) is 0 Å². The lowest BCUT2D eigenvalue weighted by Crippen LogP contribution is -1.83. The zero-order valence-electron chi connectivity index (χ0n) is 8.40. The van der Waals surface area contributed by atoms with Gasteiger partial charge in [-0.15, -0.1) is 11.6 Å². The summed E-state index contributed by atoms with van der Waals surface area (Å²) < 4.78 is 5.10. The Hall–Kier alpha value is -1.35. The number of alkyl halides is 1. The first-order valence-corrected chi connectivity index (χ1v) is 5.34. The smallest absolute Gasteiger partial charge is 0.257 e. The molecular formula is C11H11ClN2O. The molecule has 0 radical (unpaired) electrons. The molecule has 1 aromatic heterocycles. The van der Waals surface area contributed by atoms with E-state index in [4.69, 9.17) is 16.1 Å². The van der Waals surface area contributed by atoms with Gasteiger partial charge >= 0.3 is 0 Å². The number of nitrogens with zero attached hydrogens (tertiary/aromatic N) is 2. The summed E-state index contributed by atoms with van der Waals surface area (Å²) in [5.41, 5.74) is 2.19. The van der Waals surface area contributed by atoms with Crippen molar-refractivity contribution in [3.63, 3.8) is 0 Å². The fourth-order valence-corrected chi connectivity index (χ4v) is 1.46. The van der Waals surface area contributed by atoms with Gasteiger partial charge in [0.15, 0.2) is 5.82 Å². The fraction of sp³-hybridized carbons (Fsp3) is 0.273. The summed E-state index contributed by atoms with van der Waals surface area (Å²) >= 11 is 5.60. The van der Waals surface area contributed by atoms with E-state index in [-0.39, 0.29) is 5.88 Å². The van der Waals surface area contributed by atoms with Crippen molar-refractivity contribution in [2.24, 2.45) is 0 Å². The Morgan fingerprint density at radius 2 is 2.27 bits per heavy atom. The Morgan fingerprint density at radius 1 is 1.40 bits per heavy atom. The van der Waals surface area contributed by atoms with Crippen molar-refractivity contribution in [1.82, 2.24) is 10.1 Å². The largest absolute Gasteiger partial charge is 0.334 e. The van der Waals surface area contributed by atoms with Crippen molar-refractivity contribution >= 4 is 11.6 Å². The molecule has 0 aliphatic rings. The lowest BCUT2D eigenvalue weighted by atomic mass is 10.1. The molecule has 0 aliphatic carbocycles. The number of aryl methyl sites for hydroxylation is 1. The monoisotopic (exact) mass is 222 g/mol.